The van der Waals surface area contributed by atoms with E-state index in [0.717, 1.165) is 5.56 Å². The lowest BCUT2D eigenvalue weighted by Gasteiger charge is -2.09. The van der Waals surface area contributed by atoms with Crippen LogP contribution in [0.25, 0.3) is 11.0 Å². The first-order valence-electron chi connectivity index (χ1n) is 9.72. The fourth-order valence-electron chi connectivity index (χ4n) is 3.05. The number of aryl methyl sites for hydroxylation is 1. The fraction of sp³-hybridized carbons (Fsp3) is 0.120. The van der Waals surface area contributed by atoms with Crippen LogP contribution in [-0.2, 0) is 0 Å². The summed E-state index contributed by atoms with van der Waals surface area (Å²) in [6, 6.07) is 16.6. The Kier molecular flexibility index (Phi) is 5.81. The molecule has 0 saturated heterocycles. The van der Waals surface area contributed by atoms with Crippen molar-refractivity contribution < 1.29 is 28.2 Å². The standard InChI is InChI=1S/C25H20O7/c1-15-4-6-17(7-5-15)31-23-14-30-22-13-18(8-9-21(22)24(23)26)32-25(27)16-10-19(28-2)12-20(11-16)29-3/h4-14H,1-3H3. The predicted molar refractivity (Wildman–Crippen MR) is 118 cm³/mol. The monoisotopic (exact) mass is 432 g/mol. The van der Waals surface area contributed by atoms with E-state index in [9.17, 15) is 9.59 Å². The van der Waals surface area contributed by atoms with Crippen molar-refractivity contribution in [1.29, 1.82) is 0 Å². The Morgan fingerprint density at radius 2 is 1.47 bits per heavy atom. The number of ether oxygens (including phenoxy) is 4. The molecule has 0 aliphatic heterocycles. The summed E-state index contributed by atoms with van der Waals surface area (Å²) in [5.41, 5.74) is 1.27. The van der Waals surface area contributed by atoms with Gasteiger partial charge in [0.05, 0.1) is 25.2 Å². The Balaban J connectivity index is 1.58. The van der Waals surface area contributed by atoms with Gasteiger partial charge in [-0.1, -0.05) is 17.7 Å². The van der Waals surface area contributed by atoms with E-state index in [-0.39, 0.29) is 28.1 Å². The largest absolute Gasteiger partial charge is 0.497 e. The molecule has 0 amide bonds. The maximum atomic E-state index is 12.8. The van der Waals surface area contributed by atoms with Gasteiger partial charge in [0.2, 0.25) is 11.2 Å². The third-order valence-electron chi connectivity index (χ3n) is 4.76. The summed E-state index contributed by atoms with van der Waals surface area (Å²) in [5, 5.41) is 0.303. The number of benzene rings is 3. The van der Waals surface area contributed by atoms with Gasteiger partial charge < -0.3 is 23.4 Å². The van der Waals surface area contributed by atoms with Crippen LogP contribution in [0.2, 0.25) is 0 Å². The molecule has 0 fully saturated rings. The molecule has 7 heteroatoms. The Morgan fingerprint density at radius 1 is 0.812 bits per heavy atom. The molecule has 7 nitrogen and oxygen atoms in total. The van der Waals surface area contributed by atoms with Gasteiger partial charge in [-0.3, -0.25) is 4.79 Å². The topological polar surface area (TPSA) is 84.2 Å². The molecule has 1 heterocycles. The first-order chi connectivity index (χ1) is 15.5. The summed E-state index contributed by atoms with van der Waals surface area (Å²) in [6.07, 6.45) is 1.24. The van der Waals surface area contributed by atoms with Crippen LogP contribution in [0.1, 0.15) is 15.9 Å². The molecule has 0 N–H and O–H groups in total. The Labute approximate surface area is 183 Å². The third-order valence-corrected chi connectivity index (χ3v) is 4.76. The lowest BCUT2D eigenvalue weighted by Crippen LogP contribution is -2.09. The predicted octanol–water partition coefficient (Wildman–Crippen LogP) is 5.13. The van der Waals surface area contributed by atoms with Crippen LogP contribution >= 0.6 is 0 Å². The van der Waals surface area contributed by atoms with Crippen molar-refractivity contribution in [3.05, 3.63) is 88.3 Å². The molecule has 0 aliphatic carbocycles. The first kappa shape index (κ1) is 21.0. The van der Waals surface area contributed by atoms with E-state index >= 15 is 0 Å². The maximum absolute atomic E-state index is 12.8. The molecule has 1 aromatic heterocycles. The van der Waals surface area contributed by atoms with Crippen molar-refractivity contribution in [2.75, 3.05) is 14.2 Å². The molecule has 0 spiro atoms. The lowest BCUT2D eigenvalue weighted by atomic mass is 10.2. The summed E-state index contributed by atoms with van der Waals surface area (Å²) >= 11 is 0. The Morgan fingerprint density at radius 3 is 2.12 bits per heavy atom. The van der Waals surface area contributed by atoms with Gasteiger partial charge in [-0.15, -0.1) is 0 Å². The van der Waals surface area contributed by atoms with E-state index in [4.69, 9.17) is 23.4 Å². The molecule has 0 aliphatic rings. The molecular formula is C25H20O7. The van der Waals surface area contributed by atoms with Gasteiger partial charge in [-0.2, -0.15) is 0 Å². The van der Waals surface area contributed by atoms with E-state index in [0.29, 0.717) is 22.6 Å². The average Bonchev–Trinajstić information content (AvgIpc) is 2.81. The van der Waals surface area contributed by atoms with E-state index in [1.54, 1.807) is 30.3 Å². The molecule has 0 unspecified atom stereocenters. The molecule has 4 aromatic rings. The average molecular weight is 432 g/mol. The zero-order valence-electron chi connectivity index (χ0n) is 17.7. The smallest absolute Gasteiger partial charge is 0.343 e. The van der Waals surface area contributed by atoms with Crippen molar-refractivity contribution in [2.45, 2.75) is 6.92 Å². The normalized spacial score (nSPS) is 10.6. The summed E-state index contributed by atoms with van der Waals surface area (Å²) in [6.45, 7) is 1.96. The molecule has 0 atom stereocenters. The van der Waals surface area contributed by atoms with E-state index in [1.807, 2.05) is 19.1 Å². The minimum absolute atomic E-state index is 0.0644. The molecule has 32 heavy (non-hydrogen) atoms. The first-order valence-corrected chi connectivity index (χ1v) is 9.72. The fourth-order valence-corrected chi connectivity index (χ4v) is 3.05. The summed E-state index contributed by atoms with van der Waals surface area (Å²) < 4.78 is 27.0. The number of carbonyl (C=O) groups is 1. The highest BCUT2D eigenvalue weighted by atomic mass is 16.5. The Bertz CT molecular complexity index is 1310. The number of methoxy groups -OCH3 is 2. The van der Waals surface area contributed by atoms with Crippen LogP contribution in [0.15, 0.2) is 76.1 Å². The minimum atomic E-state index is -0.608. The Hall–Kier alpha value is -4.26. The zero-order valence-corrected chi connectivity index (χ0v) is 17.7. The minimum Gasteiger partial charge on any atom is -0.497 e. The SMILES string of the molecule is COc1cc(OC)cc(C(=O)Oc2ccc3c(=O)c(Oc4ccc(C)cc4)coc3c2)c1. The van der Waals surface area contributed by atoms with Gasteiger partial charge in [0.15, 0.2) is 0 Å². The van der Waals surface area contributed by atoms with Crippen molar-refractivity contribution in [1.82, 2.24) is 0 Å². The number of esters is 1. The van der Waals surface area contributed by atoms with Crippen LogP contribution in [-0.4, -0.2) is 20.2 Å². The third kappa shape index (κ3) is 4.41. The van der Waals surface area contributed by atoms with E-state index < -0.39 is 5.97 Å². The van der Waals surface area contributed by atoms with Crippen LogP contribution in [0.4, 0.5) is 0 Å². The molecule has 0 bridgehead atoms. The second-order valence-electron chi connectivity index (χ2n) is 6.99. The van der Waals surface area contributed by atoms with Crippen LogP contribution in [0.5, 0.6) is 28.7 Å². The number of hydrogen-bond acceptors (Lipinski definition) is 7. The number of fused-ring (bicyclic) bond motifs is 1. The quantitative estimate of drug-likeness (QED) is 0.308. The van der Waals surface area contributed by atoms with Crippen molar-refractivity contribution in [3.63, 3.8) is 0 Å². The lowest BCUT2D eigenvalue weighted by molar-refractivity contribution is 0.0734. The summed E-state index contributed by atoms with van der Waals surface area (Å²) in [5.74, 6) is 1.13. The van der Waals surface area contributed by atoms with Crippen LogP contribution in [0, 0.1) is 6.92 Å². The van der Waals surface area contributed by atoms with Crippen LogP contribution < -0.4 is 24.4 Å². The maximum Gasteiger partial charge on any atom is 0.343 e. The molecular weight excluding hydrogens is 412 g/mol. The number of hydrogen-bond donors (Lipinski definition) is 0. The number of carbonyl (C=O) groups excluding carboxylic acids is 1. The van der Waals surface area contributed by atoms with Crippen molar-refractivity contribution in [3.8, 4) is 28.7 Å². The van der Waals surface area contributed by atoms with E-state index in [1.165, 1.54) is 38.7 Å². The zero-order chi connectivity index (χ0) is 22.7. The van der Waals surface area contributed by atoms with Crippen molar-refractivity contribution >= 4 is 16.9 Å². The second-order valence-corrected chi connectivity index (χ2v) is 6.99. The second kappa shape index (κ2) is 8.85. The number of rotatable bonds is 6. The van der Waals surface area contributed by atoms with Gasteiger partial charge >= 0.3 is 5.97 Å². The highest BCUT2D eigenvalue weighted by Crippen LogP contribution is 2.26. The van der Waals surface area contributed by atoms with Gasteiger partial charge in [0, 0.05) is 12.1 Å². The highest BCUT2D eigenvalue weighted by Gasteiger charge is 2.15. The van der Waals surface area contributed by atoms with Crippen molar-refractivity contribution in [2.24, 2.45) is 0 Å². The highest BCUT2D eigenvalue weighted by molar-refractivity contribution is 5.92. The van der Waals surface area contributed by atoms with Crippen LogP contribution in [0.3, 0.4) is 0 Å². The van der Waals surface area contributed by atoms with Gasteiger partial charge in [0.25, 0.3) is 0 Å². The molecule has 162 valence electrons. The molecule has 0 radical (unpaired) electrons. The van der Waals surface area contributed by atoms with Gasteiger partial charge in [-0.05, 0) is 43.3 Å². The van der Waals surface area contributed by atoms with Gasteiger partial charge in [-0.25, -0.2) is 4.79 Å². The summed E-state index contributed by atoms with van der Waals surface area (Å²) in [7, 11) is 2.98. The summed E-state index contributed by atoms with van der Waals surface area (Å²) in [4.78, 5) is 25.4. The molecule has 4 rings (SSSR count). The van der Waals surface area contributed by atoms with E-state index in [2.05, 4.69) is 0 Å². The van der Waals surface area contributed by atoms with Gasteiger partial charge in [0.1, 0.15) is 34.8 Å². The molecule has 3 aromatic carbocycles. The molecule has 0 saturated carbocycles.